The summed E-state index contributed by atoms with van der Waals surface area (Å²) in [6.45, 7) is 2.32. The van der Waals surface area contributed by atoms with Crippen LogP contribution in [0.2, 0.25) is 0 Å². The van der Waals surface area contributed by atoms with Crippen molar-refractivity contribution in [1.29, 1.82) is 0 Å². The lowest BCUT2D eigenvalue weighted by Gasteiger charge is -1.92. The van der Waals surface area contributed by atoms with Crippen LogP contribution in [-0.2, 0) is 6.54 Å². The monoisotopic (exact) mass is 197 g/mol. The molecule has 2 aromatic rings. The maximum absolute atomic E-state index is 4.98. The number of aryl methyl sites for hydroxylation is 1. The molecule has 2 aromatic heterocycles. The Morgan fingerprint density at radius 2 is 2.54 bits per heavy atom. The number of nitrogens with zero attached hydrogens (tertiary/aromatic N) is 4. The van der Waals surface area contributed by atoms with Crippen LogP contribution < -0.4 is 0 Å². The van der Waals surface area contributed by atoms with Gasteiger partial charge in [-0.25, -0.2) is 0 Å². The van der Waals surface area contributed by atoms with Crippen molar-refractivity contribution in [2.75, 3.05) is 0 Å². The molecule has 0 aliphatic rings. The highest BCUT2D eigenvalue weighted by atomic mass is 32.1. The molecule has 0 radical (unpaired) electrons. The zero-order valence-electron chi connectivity index (χ0n) is 6.89. The molecule has 0 fully saturated rings. The van der Waals surface area contributed by atoms with Gasteiger partial charge in [0.05, 0.1) is 5.69 Å². The van der Waals surface area contributed by atoms with Gasteiger partial charge in [-0.15, -0.1) is 0 Å². The Morgan fingerprint density at radius 1 is 1.69 bits per heavy atom. The Kier molecular flexibility index (Phi) is 1.93. The number of aromatic amines is 1. The summed E-state index contributed by atoms with van der Waals surface area (Å²) in [6, 6.07) is 1.83. The lowest BCUT2D eigenvalue weighted by atomic mass is 10.4. The highest BCUT2D eigenvalue weighted by molar-refractivity contribution is 7.71. The Labute approximate surface area is 78.5 Å². The first-order chi connectivity index (χ1) is 6.24. The molecular weight excluding hydrogens is 190 g/mol. The molecule has 0 saturated heterocycles. The molecule has 0 saturated carbocycles. The van der Waals surface area contributed by atoms with Crippen LogP contribution in [0.15, 0.2) is 10.6 Å². The third kappa shape index (κ3) is 1.81. The van der Waals surface area contributed by atoms with Crippen molar-refractivity contribution >= 4 is 12.2 Å². The Balaban J connectivity index is 2.19. The fourth-order valence-corrected chi connectivity index (χ4v) is 1.10. The molecule has 1 N–H and O–H groups in total. The van der Waals surface area contributed by atoms with Gasteiger partial charge in [0.25, 0.3) is 0 Å². The molecule has 0 unspecified atom stereocenters. The van der Waals surface area contributed by atoms with E-state index in [0.29, 0.717) is 17.1 Å². The summed E-state index contributed by atoms with van der Waals surface area (Å²) in [5.74, 6) is 0.716. The fraction of sp³-hybridized carbons (Fsp3) is 0.333. The van der Waals surface area contributed by atoms with E-state index in [4.69, 9.17) is 16.7 Å². The van der Waals surface area contributed by atoms with E-state index in [-0.39, 0.29) is 0 Å². The van der Waals surface area contributed by atoms with Crippen LogP contribution in [0.3, 0.4) is 0 Å². The number of tetrazole rings is 1. The van der Waals surface area contributed by atoms with Crippen LogP contribution in [0.25, 0.3) is 0 Å². The molecule has 13 heavy (non-hydrogen) atoms. The average Bonchev–Trinajstić information content (AvgIpc) is 2.62. The van der Waals surface area contributed by atoms with E-state index in [2.05, 4.69) is 20.6 Å². The van der Waals surface area contributed by atoms with Gasteiger partial charge in [0.1, 0.15) is 6.54 Å². The van der Waals surface area contributed by atoms with Gasteiger partial charge in [-0.2, -0.15) is 4.80 Å². The number of aromatic nitrogens is 5. The van der Waals surface area contributed by atoms with Crippen molar-refractivity contribution in [2.45, 2.75) is 13.5 Å². The largest absolute Gasteiger partial charge is 0.359 e. The molecule has 0 aromatic carbocycles. The number of H-pyrrole nitrogens is 1. The minimum Gasteiger partial charge on any atom is -0.359 e. The highest BCUT2D eigenvalue weighted by Crippen LogP contribution is 2.02. The molecule has 0 aliphatic carbocycles. The van der Waals surface area contributed by atoms with Crippen molar-refractivity contribution in [3.8, 4) is 0 Å². The van der Waals surface area contributed by atoms with Gasteiger partial charge in [0.15, 0.2) is 5.76 Å². The van der Waals surface area contributed by atoms with Crippen LogP contribution in [-0.4, -0.2) is 25.4 Å². The Bertz CT molecular complexity index is 455. The van der Waals surface area contributed by atoms with Crippen LogP contribution in [0, 0.1) is 11.7 Å². The minimum absolute atomic E-state index is 0.358. The molecule has 2 rings (SSSR count). The lowest BCUT2D eigenvalue weighted by molar-refractivity contribution is 0.359. The average molecular weight is 197 g/mol. The van der Waals surface area contributed by atoms with Gasteiger partial charge < -0.3 is 4.52 Å². The molecule has 0 spiro atoms. The molecule has 0 amide bonds. The molecule has 2 heterocycles. The first kappa shape index (κ1) is 8.11. The quantitative estimate of drug-likeness (QED) is 0.717. The Morgan fingerprint density at radius 3 is 3.08 bits per heavy atom. The molecule has 0 bridgehead atoms. The summed E-state index contributed by atoms with van der Waals surface area (Å²) in [5.41, 5.74) is 0.841. The predicted molar refractivity (Wildman–Crippen MR) is 45.5 cm³/mol. The first-order valence-electron chi connectivity index (χ1n) is 3.66. The summed E-state index contributed by atoms with van der Waals surface area (Å²) in [5, 5.41) is 13.9. The summed E-state index contributed by atoms with van der Waals surface area (Å²) in [6.07, 6.45) is 0. The van der Waals surface area contributed by atoms with Gasteiger partial charge in [0.2, 0.25) is 4.77 Å². The third-order valence-corrected chi connectivity index (χ3v) is 1.62. The molecule has 0 atom stereocenters. The highest BCUT2D eigenvalue weighted by Gasteiger charge is 2.02. The van der Waals surface area contributed by atoms with E-state index >= 15 is 0 Å². The second-order valence-corrected chi connectivity index (χ2v) is 2.99. The van der Waals surface area contributed by atoms with Crippen molar-refractivity contribution in [3.63, 3.8) is 0 Å². The fourth-order valence-electron chi connectivity index (χ4n) is 0.959. The van der Waals surface area contributed by atoms with Crippen LogP contribution in [0.1, 0.15) is 11.5 Å². The molecule has 68 valence electrons. The van der Waals surface area contributed by atoms with E-state index in [0.717, 1.165) is 5.69 Å². The smallest absolute Gasteiger partial charge is 0.235 e. The summed E-state index contributed by atoms with van der Waals surface area (Å²) < 4.78 is 5.34. The van der Waals surface area contributed by atoms with Crippen LogP contribution in [0.5, 0.6) is 0 Å². The normalized spacial score (nSPS) is 10.5. The van der Waals surface area contributed by atoms with Crippen LogP contribution in [0.4, 0.5) is 0 Å². The van der Waals surface area contributed by atoms with Crippen molar-refractivity contribution < 1.29 is 4.52 Å². The number of hydrogen-bond donors (Lipinski definition) is 1. The number of nitrogens with one attached hydrogen (secondary N) is 1. The zero-order valence-corrected chi connectivity index (χ0v) is 7.71. The predicted octanol–water partition coefficient (Wildman–Crippen LogP) is 0.680. The number of hydrogen-bond acceptors (Lipinski definition) is 5. The van der Waals surface area contributed by atoms with E-state index in [1.54, 1.807) is 0 Å². The van der Waals surface area contributed by atoms with Crippen molar-refractivity contribution in [1.82, 2.24) is 25.4 Å². The van der Waals surface area contributed by atoms with Gasteiger partial charge in [-0.05, 0) is 24.4 Å². The lowest BCUT2D eigenvalue weighted by Crippen LogP contribution is -2.02. The van der Waals surface area contributed by atoms with Crippen molar-refractivity contribution in [2.24, 2.45) is 0 Å². The van der Waals surface area contributed by atoms with Crippen molar-refractivity contribution in [3.05, 3.63) is 22.3 Å². The topological polar surface area (TPSA) is 72.5 Å². The standard InChI is InChI=1S/C6H7N5OS/c1-4-2-5(12-9-4)3-11-8-6(13)7-10-11/h2H,3H2,1H3,(H,8,13). The van der Waals surface area contributed by atoms with E-state index in [1.165, 1.54) is 4.80 Å². The maximum atomic E-state index is 4.98. The van der Waals surface area contributed by atoms with Crippen LogP contribution >= 0.6 is 12.2 Å². The molecule has 7 heteroatoms. The Hall–Kier alpha value is -1.50. The van der Waals surface area contributed by atoms with E-state index in [9.17, 15) is 0 Å². The summed E-state index contributed by atoms with van der Waals surface area (Å²) in [7, 11) is 0. The van der Waals surface area contributed by atoms with E-state index < -0.39 is 0 Å². The third-order valence-electron chi connectivity index (χ3n) is 1.45. The second-order valence-electron chi connectivity index (χ2n) is 2.60. The van der Waals surface area contributed by atoms with Gasteiger partial charge in [-0.1, -0.05) is 10.3 Å². The zero-order chi connectivity index (χ0) is 9.26. The van der Waals surface area contributed by atoms with Gasteiger partial charge in [-0.3, -0.25) is 5.10 Å². The first-order valence-corrected chi connectivity index (χ1v) is 4.07. The molecule has 6 nitrogen and oxygen atoms in total. The van der Waals surface area contributed by atoms with E-state index in [1.807, 2.05) is 13.0 Å². The molecular formula is C6H7N5OS. The van der Waals surface area contributed by atoms with Gasteiger partial charge in [0, 0.05) is 6.07 Å². The summed E-state index contributed by atoms with van der Waals surface area (Å²) in [4.78, 5) is 1.49. The second kappa shape index (κ2) is 3.09. The SMILES string of the molecule is Cc1cc(Cn2nnc(=S)[nH]2)on1. The minimum atomic E-state index is 0.358. The molecule has 0 aliphatic heterocycles. The summed E-state index contributed by atoms with van der Waals surface area (Å²) >= 11 is 4.76. The maximum Gasteiger partial charge on any atom is 0.235 e. The number of rotatable bonds is 2. The van der Waals surface area contributed by atoms with Gasteiger partial charge >= 0.3 is 0 Å².